The first-order valence-corrected chi connectivity index (χ1v) is 10.6. The van der Waals surface area contributed by atoms with Gasteiger partial charge in [-0.25, -0.2) is 14.6 Å². The maximum absolute atomic E-state index is 12.8. The molecule has 0 bridgehead atoms. The van der Waals surface area contributed by atoms with Gasteiger partial charge in [0, 0.05) is 21.1 Å². The Labute approximate surface area is 192 Å². The van der Waals surface area contributed by atoms with Crippen LogP contribution in [-0.4, -0.2) is 34.4 Å². The van der Waals surface area contributed by atoms with Crippen LogP contribution in [0.3, 0.4) is 0 Å². The number of hydrazone groups is 1. The maximum atomic E-state index is 12.8. The number of carboxylic acids is 1. The van der Waals surface area contributed by atoms with E-state index in [4.69, 9.17) is 16.7 Å². The third-order valence-electron chi connectivity index (χ3n) is 4.94. The number of urea groups is 1. The molecule has 1 aliphatic rings. The van der Waals surface area contributed by atoms with E-state index < -0.39 is 5.97 Å². The van der Waals surface area contributed by atoms with Gasteiger partial charge in [0.25, 0.3) is 0 Å². The highest BCUT2D eigenvalue weighted by molar-refractivity contribution is 9.10. The number of carbonyl (C=O) groups excluding carboxylic acids is 1. The Morgan fingerprint density at radius 3 is 2.26 bits per heavy atom. The van der Waals surface area contributed by atoms with Crippen molar-refractivity contribution in [2.45, 2.75) is 5.92 Å². The minimum atomic E-state index is -0.986. The molecule has 156 valence electrons. The summed E-state index contributed by atoms with van der Waals surface area (Å²) in [5.74, 6) is -1.19. The van der Waals surface area contributed by atoms with Crippen LogP contribution in [0.5, 0.6) is 0 Å². The Balaban J connectivity index is 1.63. The lowest BCUT2D eigenvalue weighted by atomic mass is 9.90. The second-order valence-electron chi connectivity index (χ2n) is 6.99. The number of nitrogens with one attached hydrogen (secondary N) is 1. The largest absolute Gasteiger partial charge is 0.478 e. The van der Waals surface area contributed by atoms with Gasteiger partial charge in [-0.15, -0.1) is 0 Å². The Morgan fingerprint density at radius 1 is 1.00 bits per heavy atom. The van der Waals surface area contributed by atoms with Crippen LogP contribution in [0.15, 0.2) is 82.4 Å². The van der Waals surface area contributed by atoms with Gasteiger partial charge in [0.1, 0.15) is 0 Å². The minimum absolute atomic E-state index is 0.205. The number of rotatable bonds is 4. The fraction of sp³-hybridized carbons (Fsp3) is 0.0870. The van der Waals surface area contributed by atoms with E-state index in [9.17, 15) is 9.59 Å². The average Bonchev–Trinajstić information content (AvgIpc) is 3.21. The van der Waals surface area contributed by atoms with Crippen LogP contribution in [0.2, 0.25) is 5.02 Å². The molecule has 31 heavy (non-hydrogen) atoms. The number of nitrogens with zero attached hydrogens (tertiary/aromatic N) is 2. The molecule has 0 fully saturated rings. The highest BCUT2D eigenvalue weighted by atomic mass is 79.9. The summed E-state index contributed by atoms with van der Waals surface area (Å²) in [6, 6.07) is 20.8. The zero-order chi connectivity index (χ0) is 22.0. The predicted molar refractivity (Wildman–Crippen MR) is 124 cm³/mol. The maximum Gasteiger partial charge on any atom is 0.342 e. The van der Waals surface area contributed by atoms with Crippen molar-refractivity contribution < 1.29 is 14.7 Å². The fourth-order valence-corrected chi connectivity index (χ4v) is 3.74. The van der Waals surface area contributed by atoms with Crippen molar-refractivity contribution in [2.75, 3.05) is 11.9 Å². The van der Waals surface area contributed by atoms with E-state index in [1.165, 1.54) is 5.01 Å². The van der Waals surface area contributed by atoms with E-state index in [1.807, 2.05) is 24.3 Å². The van der Waals surface area contributed by atoms with Gasteiger partial charge in [-0.05, 0) is 59.7 Å². The summed E-state index contributed by atoms with van der Waals surface area (Å²) in [5.41, 5.74) is 3.29. The Kier molecular flexibility index (Phi) is 6.06. The molecule has 3 aromatic rings. The number of halogens is 2. The first-order chi connectivity index (χ1) is 14.9. The third-order valence-corrected chi connectivity index (χ3v) is 5.72. The van der Waals surface area contributed by atoms with Crippen LogP contribution in [-0.2, 0) is 0 Å². The Bertz CT molecular complexity index is 1150. The van der Waals surface area contributed by atoms with Gasteiger partial charge in [0.05, 0.1) is 17.8 Å². The van der Waals surface area contributed by atoms with E-state index in [0.717, 1.165) is 15.6 Å². The molecule has 0 aliphatic carbocycles. The van der Waals surface area contributed by atoms with Crippen LogP contribution < -0.4 is 5.32 Å². The minimum Gasteiger partial charge on any atom is -0.478 e. The van der Waals surface area contributed by atoms with Crippen LogP contribution in [0.25, 0.3) is 0 Å². The molecular formula is C23H17BrClN3O3. The van der Waals surface area contributed by atoms with Gasteiger partial charge in [0.15, 0.2) is 0 Å². The summed E-state index contributed by atoms with van der Waals surface area (Å²) < 4.78 is 0.916. The number of aromatic carboxylic acids is 1. The molecule has 1 unspecified atom stereocenters. The summed E-state index contributed by atoms with van der Waals surface area (Å²) >= 11 is 9.40. The molecule has 3 aromatic carbocycles. The van der Waals surface area contributed by atoms with Gasteiger partial charge in [-0.3, -0.25) is 0 Å². The molecule has 0 saturated heterocycles. The standard InChI is InChI=1S/C23H17BrClN3O3/c24-17-7-11-19(12-8-17)26-23(31)28-13-20(14-1-3-16(4-2-14)22(29)30)21(27-28)15-5-9-18(25)10-6-15/h1-12,20H,13H2,(H,26,31)(H,29,30). The molecule has 1 atom stereocenters. The number of amides is 2. The summed E-state index contributed by atoms with van der Waals surface area (Å²) in [6.45, 7) is 0.326. The predicted octanol–water partition coefficient (Wildman–Crippen LogP) is 5.84. The van der Waals surface area contributed by atoms with Crippen molar-refractivity contribution in [3.8, 4) is 0 Å². The van der Waals surface area contributed by atoms with Crippen LogP contribution in [0.1, 0.15) is 27.4 Å². The summed E-state index contributed by atoms with van der Waals surface area (Å²) in [4.78, 5) is 24.0. The number of benzene rings is 3. The van der Waals surface area contributed by atoms with Crippen LogP contribution in [0, 0.1) is 0 Å². The van der Waals surface area contributed by atoms with Crippen LogP contribution >= 0.6 is 27.5 Å². The first-order valence-electron chi connectivity index (χ1n) is 9.42. The zero-order valence-corrected chi connectivity index (χ0v) is 18.5. The number of anilines is 1. The first kappa shape index (κ1) is 21.1. The smallest absolute Gasteiger partial charge is 0.342 e. The lowest BCUT2D eigenvalue weighted by Gasteiger charge is -2.16. The molecule has 2 N–H and O–H groups in total. The second kappa shape index (κ2) is 8.91. The van der Waals surface area contributed by atoms with Crippen molar-refractivity contribution in [2.24, 2.45) is 5.10 Å². The lowest BCUT2D eigenvalue weighted by Crippen LogP contribution is -2.30. The van der Waals surface area contributed by atoms with Gasteiger partial charge < -0.3 is 10.4 Å². The molecule has 1 heterocycles. The highest BCUT2D eigenvalue weighted by Crippen LogP contribution is 2.30. The molecule has 0 aromatic heterocycles. The molecule has 0 spiro atoms. The van der Waals surface area contributed by atoms with Gasteiger partial charge in [0.2, 0.25) is 0 Å². The van der Waals surface area contributed by atoms with Gasteiger partial charge in [-0.1, -0.05) is 51.8 Å². The van der Waals surface area contributed by atoms with E-state index in [-0.39, 0.29) is 17.5 Å². The van der Waals surface area contributed by atoms with Gasteiger partial charge in [-0.2, -0.15) is 5.10 Å². The number of hydrogen-bond acceptors (Lipinski definition) is 3. The topological polar surface area (TPSA) is 82.0 Å². The molecule has 8 heteroatoms. The molecule has 6 nitrogen and oxygen atoms in total. The van der Waals surface area contributed by atoms with Crippen molar-refractivity contribution in [3.05, 3.63) is 99.0 Å². The van der Waals surface area contributed by atoms with Gasteiger partial charge >= 0.3 is 12.0 Å². The monoisotopic (exact) mass is 497 g/mol. The lowest BCUT2D eigenvalue weighted by molar-refractivity contribution is 0.0697. The molecule has 4 rings (SSSR count). The van der Waals surface area contributed by atoms with E-state index in [2.05, 4.69) is 26.3 Å². The van der Waals surface area contributed by atoms with E-state index in [1.54, 1.807) is 48.5 Å². The second-order valence-corrected chi connectivity index (χ2v) is 8.34. The molecule has 0 radical (unpaired) electrons. The Morgan fingerprint density at radius 2 is 1.65 bits per heavy atom. The van der Waals surface area contributed by atoms with Crippen molar-refractivity contribution in [3.63, 3.8) is 0 Å². The van der Waals surface area contributed by atoms with Crippen LogP contribution in [0.4, 0.5) is 10.5 Å². The van der Waals surface area contributed by atoms with Crippen molar-refractivity contribution in [1.29, 1.82) is 0 Å². The zero-order valence-electron chi connectivity index (χ0n) is 16.1. The number of hydrogen-bond donors (Lipinski definition) is 2. The van der Waals surface area contributed by atoms with E-state index >= 15 is 0 Å². The Hall–Kier alpha value is -3.16. The molecular weight excluding hydrogens is 482 g/mol. The average molecular weight is 499 g/mol. The van der Waals surface area contributed by atoms with Crippen molar-refractivity contribution in [1.82, 2.24) is 5.01 Å². The summed E-state index contributed by atoms with van der Waals surface area (Å²) in [6.07, 6.45) is 0. The normalized spacial score (nSPS) is 15.5. The molecule has 1 aliphatic heterocycles. The number of carbonyl (C=O) groups is 2. The van der Waals surface area contributed by atoms with E-state index in [0.29, 0.717) is 23.0 Å². The summed E-state index contributed by atoms with van der Waals surface area (Å²) in [7, 11) is 0. The fourth-order valence-electron chi connectivity index (χ4n) is 3.35. The third kappa shape index (κ3) is 4.78. The molecule has 2 amide bonds. The number of carboxylic acid groups (broad SMARTS) is 1. The summed E-state index contributed by atoms with van der Waals surface area (Å²) in [5, 5.41) is 18.6. The molecule has 0 saturated carbocycles. The highest BCUT2D eigenvalue weighted by Gasteiger charge is 2.32. The quantitative estimate of drug-likeness (QED) is 0.474. The van der Waals surface area contributed by atoms with Crippen molar-refractivity contribution >= 4 is 50.9 Å². The SMILES string of the molecule is O=C(O)c1ccc(C2CN(C(=O)Nc3ccc(Br)cc3)N=C2c2ccc(Cl)cc2)cc1.